The van der Waals surface area contributed by atoms with E-state index in [0.29, 0.717) is 17.3 Å². The van der Waals surface area contributed by atoms with Crippen LogP contribution in [0.3, 0.4) is 0 Å². The van der Waals surface area contributed by atoms with Gasteiger partial charge in [0.2, 0.25) is 5.76 Å². The van der Waals surface area contributed by atoms with Crippen LogP contribution in [0.4, 0.5) is 14.9 Å². The van der Waals surface area contributed by atoms with Crippen molar-refractivity contribution in [1.29, 1.82) is 0 Å². The molecular weight excluding hydrogens is 517 g/mol. The molecule has 40 heavy (non-hydrogen) atoms. The molecule has 1 saturated heterocycles. The number of anilines is 1. The number of oxazole rings is 1. The molecule has 2 aliphatic rings. The lowest BCUT2D eigenvalue weighted by Gasteiger charge is -2.28. The maximum absolute atomic E-state index is 14.9. The predicted molar refractivity (Wildman–Crippen MR) is 143 cm³/mol. The van der Waals surface area contributed by atoms with Gasteiger partial charge in [-0.2, -0.15) is 4.98 Å². The second-order valence-corrected chi connectivity index (χ2v) is 11.0. The Morgan fingerprint density at radius 2 is 1.98 bits per heavy atom. The zero-order valence-electron chi connectivity index (χ0n) is 22.7. The highest BCUT2D eigenvalue weighted by atomic mass is 19.1. The predicted octanol–water partition coefficient (Wildman–Crippen LogP) is 4.95. The van der Waals surface area contributed by atoms with E-state index in [1.807, 2.05) is 20.8 Å². The average Bonchev–Trinajstić information content (AvgIpc) is 3.65. The number of aryl methyl sites for hydroxylation is 2. The van der Waals surface area contributed by atoms with E-state index in [-0.39, 0.29) is 41.1 Å². The minimum atomic E-state index is -0.583. The van der Waals surface area contributed by atoms with Crippen molar-refractivity contribution < 1.29 is 23.1 Å². The number of benzene rings is 1. The molecule has 206 valence electrons. The van der Waals surface area contributed by atoms with Gasteiger partial charge in [-0.1, -0.05) is 6.08 Å². The number of fused-ring (bicyclic) bond motifs is 3. The molecular formula is C28H28FN7O4. The molecule has 2 atom stereocenters. The largest absolute Gasteiger partial charge is 0.444 e. The Balaban J connectivity index is 1.26. The van der Waals surface area contributed by atoms with E-state index in [1.54, 1.807) is 31.1 Å². The highest BCUT2D eigenvalue weighted by Gasteiger charge is 2.45. The Hall–Kier alpha value is -4.61. The normalized spacial score (nSPS) is 18.4. The molecule has 0 spiro atoms. The van der Waals surface area contributed by atoms with E-state index in [2.05, 4.69) is 31.4 Å². The molecule has 12 heteroatoms. The van der Waals surface area contributed by atoms with E-state index in [0.717, 1.165) is 24.0 Å². The van der Waals surface area contributed by atoms with Crippen LogP contribution in [0.15, 0.2) is 41.1 Å². The van der Waals surface area contributed by atoms with Crippen molar-refractivity contribution in [2.24, 2.45) is 0 Å². The number of rotatable bonds is 4. The molecule has 1 N–H and O–H groups in total. The summed E-state index contributed by atoms with van der Waals surface area (Å²) in [6.45, 7) is 8.87. The summed E-state index contributed by atoms with van der Waals surface area (Å²) < 4.78 is 27.4. The molecule has 3 aromatic heterocycles. The van der Waals surface area contributed by atoms with Gasteiger partial charge in [-0.05, 0) is 64.3 Å². The third-order valence-electron chi connectivity index (χ3n) is 6.87. The van der Waals surface area contributed by atoms with E-state index in [9.17, 15) is 14.0 Å². The molecule has 0 aliphatic carbocycles. The lowest BCUT2D eigenvalue weighted by atomic mass is 9.95. The highest BCUT2D eigenvalue weighted by Crippen LogP contribution is 2.42. The molecule has 2 aliphatic heterocycles. The van der Waals surface area contributed by atoms with Crippen LogP contribution < -0.4 is 5.32 Å². The van der Waals surface area contributed by atoms with Crippen molar-refractivity contribution in [2.75, 3.05) is 5.32 Å². The third kappa shape index (κ3) is 4.59. The van der Waals surface area contributed by atoms with Gasteiger partial charge in [-0.25, -0.2) is 23.7 Å². The first kappa shape index (κ1) is 25.7. The average molecular weight is 546 g/mol. The Morgan fingerprint density at radius 1 is 1.18 bits per heavy atom. The smallest absolute Gasteiger partial charge is 0.411 e. The van der Waals surface area contributed by atoms with Crippen LogP contribution in [0.5, 0.6) is 0 Å². The fraction of sp³-hybridized carbons (Fsp3) is 0.357. The molecule has 0 radical (unpaired) electrons. The van der Waals surface area contributed by atoms with Crippen LogP contribution in [0, 0.1) is 19.7 Å². The molecule has 2 unspecified atom stereocenters. The van der Waals surface area contributed by atoms with Crippen molar-refractivity contribution in [2.45, 2.75) is 65.1 Å². The van der Waals surface area contributed by atoms with Crippen LogP contribution in [0.2, 0.25) is 0 Å². The Labute approximate surface area is 229 Å². The maximum Gasteiger partial charge on any atom is 0.411 e. The number of ether oxygens (including phenoxy) is 1. The minimum Gasteiger partial charge on any atom is -0.444 e. The maximum atomic E-state index is 14.9. The van der Waals surface area contributed by atoms with Crippen LogP contribution in [0.1, 0.15) is 61.3 Å². The summed E-state index contributed by atoms with van der Waals surface area (Å²) in [5.74, 6) is -0.183. The first-order valence-corrected chi connectivity index (χ1v) is 13.0. The SMILES string of the molecule is Cc1nc(C)c(C(=O)Nc2ccc(F)c(-c3nc4ncc(C5=CC6CCC5N6C(=O)OC(C)(C)C)cn4n3)c2)o1. The minimum absolute atomic E-state index is 0.0337. The van der Waals surface area contributed by atoms with Crippen molar-refractivity contribution in [3.8, 4) is 11.4 Å². The van der Waals surface area contributed by atoms with E-state index >= 15 is 0 Å². The summed E-state index contributed by atoms with van der Waals surface area (Å²) in [4.78, 5) is 40.2. The fourth-order valence-corrected chi connectivity index (χ4v) is 5.24. The molecule has 1 fully saturated rings. The molecule has 6 rings (SSSR count). The second-order valence-electron chi connectivity index (χ2n) is 11.0. The van der Waals surface area contributed by atoms with Crippen LogP contribution in [-0.4, -0.2) is 59.2 Å². The van der Waals surface area contributed by atoms with E-state index < -0.39 is 17.3 Å². The van der Waals surface area contributed by atoms with Gasteiger partial charge in [0.25, 0.3) is 11.7 Å². The number of aromatic nitrogens is 5. The van der Waals surface area contributed by atoms with E-state index in [1.165, 1.54) is 22.7 Å². The number of nitrogens with zero attached hydrogens (tertiary/aromatic N) is 6. The number of hydrogen-bond donors (Lipinski definition) is 1. The Bertz CT molecular complexity index is 1700. The summed E-state index contributed by atoms with van der Waals surface area (Å²) >= 11 is 0. The van der Waals surface area contributed by atoms with Gasteiger partial charge >= 0.3 is 6.09 Å². The van der Waals surface area contributed by atoms with Gasteiger partial charge in [-0.3, -0.25) is 9.69 Å². The quantitative estimate of drug-likeness (QED) is 0.381. The number of carbonyl (C=O) groups excluding carboxylic acids is 2. The molecule has 4 aromatic rings. The monoisotopic (exact) mass is 545 g/mol. The van der Waals surface area contributed by atoms with Crippen LogP contribution in [0.25, 0.3) is 22.7 Å². The Kier molecular flexibility index (Phi) is 5.93. The summed E-state index contributed by atoms with van der Waals surface area (Å²) in [5.41, 5.74) is 2.09. The zero-order chi connectivity index (χ0) is 28.3. The van der Waals surface area contributed by atoms with Gasteiger partial charge in [0.1, 0.15) is 11.4 Å². The van der Waals surface area contributed by atoms with Gasteiger partial charge < -0.3 is 14.5 Å². The summed E-state index contributed by atoms with van der Waals surface area (Å²) in [6, 6.07) is 3.99. The third-order valence-corrected chi connectivity index (χ3v) is 6.87. The molecule has 11 nitrogen and oxygen atoms in total. The fourth-order valence-electron chi connectivity index (χ4n) is 5.24. The molecule has 1 aromatic carbocycles. The van der Waals surface area contributed by atoms with Gasteiger partial charge in [0.15, 0.2) is 11.7 Å². The van der Waals surface area contributed by atoms with Crippen LogP contribution in [-0.2, 0) is 4.74 Å². The summed E-state index contributed by atoms with van der Waals surface area (Å²) in [6.07, 6.45) is 6.90. The van der Waals surface area contributed by atoms with Crippen molar-refractivity contribution in [3.05, 3.63) is 65.4 Å². The number of hydrogen-bond acceptors (Lipinski definition) is 8. The number of nitrogens with one attached hydrogen (secondary N) is 1. The van der Waals surface area contributed by atoms with Gasteiger partial charge in [0.05, 0.1) is 23.3 Å². The van der Waals surface area contributed by atoms with Crippen LogP contribution >= 0.6 is 0 Å². The molecule has 5 heterocycles. The number of halogens is 1. The van der Waals surface area contributed by atoms with E-state index in [4.69, 9.17) is 9.15 Å². The first-order chi connectivity index (χ1) is 19.0. The zero-order valence-corrected chi connectivity index (χ0v) is 22.7. The summed E-state index contributed by atoms with van der Waals surface area (Å²) in [5, 5.41) is 7.17. The van der Waals surface area contributed by atoms with Crippen molar-refractivity contribution >= 4 is 29.0 Å². The lowest BCUT2D eigenvalue weighted by Crippen LogP contribution is -2.40. The summed E-state index contributed by atoms with van der Waals surface area (Å²) in [7, 11) is 0. The van der Waals surface area contributed by atoms with Crippen molar-refractivity contribution in [1.82, 2.24) is 29.5 Å². The second kappa shape index (κ2) is 9.25. The molecule has 2 amide bonds. The number of carbonyl (C=O) groups is 2. The first-order valence-electron chi connectivity index (χ1n) is 13.0. The molecule has 2 bridgehead atoms. The van der Waals surface area contributed by atoms with Gasteiger partial charge in [-0.15, -0.1) is 5.10 Å². The molecule has 0 saturated carbocycles. The lowest BCUT2D eigenvalue weighted by molar-refractivity contribution is 0.0235. The standard InChI is InChI=1S/C28H28FN7O4/c1-14-23(39-15(2)31-14)25(37)32-17-6-8-21(29)20(10-17)24-33-26-30-12-16(13-35(26)34-24)19-11-18-7-9-22(19)36(18)27(38)40-28(3,4)5/h6,8,10-13,18,22H,7,9H2,1-5H3,(H,32,37). The number of amides is 2. The Morgan fingerprint density at radius 3 is 2.70 bits per heavy atom. The van der Waals surface area contributed by atoms with Crippen molar-refractivity contribution in [3.63, 3.8) is 0 Å². The van der Waals surface area contributed by atoms with Gasteiger partial charge in [0, 0.05) is 30.6 Å². The topological polar surface area (TPSA) is 128 Å². The highest BCUT2D eigenvalue weighted by molar-refractivity contribution is 6.03.